The Morgan fingerprint density at radius 2 is 1.95 bits per heavy atom. The molecule has 2 aromatic carbocycles. The first-order chi connectivity index (χ1) is 9.23. The fourth-order valence-corrected chi connectivity index (χ4v) is 4.31. The zero-order valence-electron chi connectivity index (χ0n) is 10.7. The molecule has 2 heterocycles. The van der Waals surface area contributed by atoms with Crippen LogP contribution in [0.5, 0.6) is 5.75 Å². The fourth-order valence-electron chi connectivity index (χ4n) is 2.88. The number of nitrogens with one attached hydrogen (secondary N) is 1. The maximum absolute atomic E-state index is 6.20. The second kappa shape index (κ2) is 3.94. The van der Waals surface area contributed by atoms with E-state index < -0.39 is 0 Å². The van der Waals surface area contributed by atoms with Crippen LogP contribution >= 0.6 is 11.8 Å². The van der Waals surface area contributed by atoms with Gasteiger partial charge in [-0.15, -0.1) is 11.8 Å². The average Bonchev–Trinajstić information content (AvgIpc) is 2.52. The molecule has 2 aliphatic heterocycles. The van der Waals surface area contributed by atoms with Crippen molar-refractivity contribution >= 4 is 17.4 Å². The summed E-state index contributed by atoms with van der Waals surface area (Å²) in [5.41, 5.74) is 2.16. The Morgan fingerprint density at radius 1 is 1.16 bits per heavy atom. The van der Waals surface area contributed by atoms with Crippen LogP contribution < -0.4 is 10.1 Å². The van der Waals surface area contributed by atoms with E-state index in [2.05, 4.69) is 54.7 Å². The average molecular weight is 269 g/mol. The molecular formula is C16H15NOS. The highest BCUT2D eigenvalue weighted by atomic mass is 32.2. The third-order valence-electron chi connectivity index (χ3n) is 3.73. The van der Waals surface area contributed by atoms with E-state index in [-0.39, 0.29) is 5.72 Å². The Labute approximate surface area is 117 Å². The molecular weight excluding hydrogens is 254 g/mol. The van der Waals surface area contributed by atoms with Gasteiger partial charge >= 0.3 is 0 Å². The molecule has 0 unspecified atom stereocenters. The molecule has 96 valence electrons. The second-order valence-electron chi connectivity index (χ2n) is 5.30. The highest BCUT2D eigenvalue weighted by Gasteiger charge is 2.40. The van der Waals surface area contributed by atoms with Gasteiger partial charge in [0.25, 0.3) is 0 Å². The summed E-state index contributed by atoms with van der Waals surface area (Å²) in [6.07, 6.45) is 0.976. The van der Waals surface area contributed by atoms with Gasteiger partial charge in [-0.3, -0.25) is 0 Å². The lowest BCUT2D eigenvalue weighted by Gasteiger charge is -2.38. The Kier molecular flexibility index (Phi) is 2.33. The molecule has 0 amide bonds. The van der Waals surface area contributed by atoms with E-state index in [4.69, 9.17) is 4.74 Å². The fraction of sp³-hybridized carbons (Fsp3) is 0.250. The molecule has 0 aromatic heterocycles. The minimum Gasteiger partial charge on any atom is -0.468 e. The first kappa shape index (κ1) is 11.2. The lowest BCUT2D eigenvalue weighted by Crippen LogP contribution is -2.43. The van der Waals surface area contributed by atoms with Gasteiger partial charge in [-0.1, -0.05) is 30.3 Å². The van der Waals surface area contributed by atoms with E-state index in [1.165, 1.54) is 16.1 Å². The van der Waals surface area contributed by atoms with Crippen molar-refractivity contribution in [2.45, 2.75) is 29.2 Å². The van der Waals surface area contributed by atoms with Crippen LogP contribution in [0.1, 0.15) is 24.2 Å². The van der Waals surface area contributed by atoms with Crippen LogP contribution in [0.3, 0.4) is 0 Å². The SMILES string of the molecule is C[C@]12C[C@@H](Sc3ccccc3N1)c1ccccc1O2. The van der Waals surface area contributed by atoms with E-state index in [9.17, 15) is 0 Å². The maximum atomic E-state index is 6.20. The van der Waals surface area contributed by atoms with Crippen molar-refractivity contribution < 1.29 is 4.74 Å². The van der Waals surface area contributed by atoms with Crippen LogP contribution in [-0.2, 0) is 0 Å². The molecule has 0 fully saturated rings. The molecule has 0 radical (unpaired) electrons. The molecule has 2 nitrogen and oxygen atoms in total. The van der Waals surface area contributed by atoms with Gasteiger partial charge in [0.1, 0.15) is 5.75 Å². The summed E-state index contributed by atoms with van der Waals surface area (Å²) < 4.78 is 6.20. The topological polar surface area (TPSA) is 21.3 Å². The van der Waals surface area contributed by atoms with Crippen LogP contribution in [0.4, 0.5) is 5.69 Å². The summed E-state index contributed by atoms with van der Waals surface area (Å²) in [5.74, 6) is 1.01. The molecule has 2 atom stereocenters. The van der Waals surface area contributed by atoms with Crippen molar-refractivity contribution in [3.8, 4) is 5.75 Å². The second-order valence-corrected chi connectivity index (χ2v) is 6.55. The van der Waals surface area contributed by atoms with Gasteiger partial charge in [-0.2, -0.15) is 0 Å². The number of benzene rings is 2. The Bertz CT molecular complexity index is 642. The molecule has 1 N–H and O–H groups in total. The van der Waals surface area contributed by atoms with Gasteiger partial charge in [0.05, 0.1) is 5.69 Å². The monoisotopic (exact) mass is 269 g/mol. The minimum absolute atomic E-state index is 0.321. The standard InChI is InChI=1S/C16H15NOS/c1-16-10-15(11-6-2-4-8-13(11)18-16)19-14-9-5-3-7-12(14)17-16/h2-9,15,17H,10H2,1H3/t15-,16+/m1/s1. The lowest BCUT2D eigenvalue weighted by molar-refractivity contribution is 0.0934. The van der Waals surface area contributed by atoms with Crippen molar-refractivity contribution in [3.63, 3.8) is 0 Å². The molecule has 0 saturated heterocycles. The van der Waals surface area contributed by atoms with E-state index in [1.807, 2.05) is 17.8 Å². The van der Waals surface area contributed by atoms with Crippen LogP contribution in [0, 0.1) is 0 Å². The van der Waals surface area contributed by atoms with Crippen molar-refractivity contribution in [2.75, 3.05) is 5.32 Å². The van der Waals surface area contributed by atoms with Gasteiger partial charge in [0.2, 0.25) is 0 Å². The predicted molar refractivity (Wildman–Crippen MR) is 78.8 cm³/mol. The molecule has 0 aliphatic carbocycles. The quantitative estimate of drug-likeness (QED) is 0.763. The molecule has 0 saturated carbocycles. The van der Waals surface area contributed by atoms with Crippen molar-refractivity contribution in [1.82, 2.24) is 0 Å². The normalized spacial score (nSPS) is 27.3. The maximum Gasteiger partial charge on any atom is 0.179 e. The van der Waals surface area contributed by atoms with E-state index >= 15 is 0 Å². The van der Waals surface area contributed by atoms with Crippen molar-refractivity contribution in [3.05, 3.63) is 54.1 Å². The lowest BCUT2D eigenvalue weighted by atomic mass is 9.98. The summed E-state index contributed by atoms with van der Waals surface area (Å²) >= 11 is 1.93. The van der Waals surface area contributed by atoms with Gasteiger partial charge in [0.15, 0.2) is 5.72 Å². The van der Waals surface area contributed by atoms with Gasteiger partial charge < -0.3 is 10.1 Å². The molecule has 2 bridgehead atoms. The number of para-hydroxylation sites is 2. The number of anilines is 1. The molecule has 2 aromatic rings. The first-order valence-corrected chi connectivity index (χ1v) is 7.43. The van der Waals surface area contributed by atoms with E-state index in [1.54, 1.807) is 0 Å². The van der Waals surface area contributed by atoms with Crippen LogP contribution in [-0.4, -0.2) is 5.72 Å². The summed E-state index contributed by atoms with van der Waals surface area (Å²) in [5, 5.41) is 4.02. The number of rotatable bonds is 0. The third kappa shape index (κ3) is 1.80. The van der Waals surface area contributed by atoms with Crippen molar-refractivity contribution in [2.24, 2.45) is 0 Å². The number of thioether (sulfide) groups is 1. The molecule has 0 spiro atoms. The summed E-state index contributed by atoms with van der Waals surface area (Å²) in [4.78, 5) is 1.30. The predicted octanol–water partition coefficient (Wildman–Crippen LogP) is 4.44. The smallest absolute Gasteiger partial charge is 0.179 e. The molecule has 19 heavy (non-hydrogen) atoms. The summed E-state index contributed by atoms with van der Waals surface area (Å²) in [6.45, 7) is 2.14. The number of hydrogen-bond acceptors (Lipinski definition) is 3. The minimum atomic E-state index is -0.321. The largest absolute Gasteiger partial charge is 0.468 e. The van der Waals surface area contributed by atoms with Crippen LogP contribution in [0.25, 0.3) is 0 Å². The number of hydrogen-bond donors (Lipinski definition) is 1. The third-order valence-corrected chi connectivity index (χ3v) is 5.05. The highest BCUT2D eigenvalue weighted by molar-refractivity contribution is 7.99. The molecule has 2 aliphatic rings. The molecule has 3 heteroatoms. The van der Waals surface area contributed by atoms with Gasteiger partial charge in [-0.05, 0) is 25.1 Å². The van der Waals surface area contributed by atoms with Crippen molar-refractivity contribution in [1.29, 1.82) is 0 Å². The summed E-state index contributed by atoms with van der Waals surface area (Å²) in [6, 6.07) is 16.9. The Balaban J connectivity index is 1.87. The van der Waals surface area contributed by atoms with Gasteiger partial charge in [0, 0.05) is 22.1 Å². The van der Waals surface area contributed by atoms with Crippen LogP contribution in [0.15, 0.2) is 53.4 Å². The number of ether oxygens (including phenoxy) is 1. The highest BCUT2D eigenvalue weighted by Crippen LogP contribution is 2.52. The zero-order valence-corrected chi connectivity index (χ0v) is 11.5. The Hall–Kier alpha value is -1.61. The zero-order chi connectivity index (χ0) is 12.9. The Morgan fingerprint density at radius 3 is 2.89 bits per heavy atom. The molecule has 4 rings (SSSR count). The van der Waals surface area contributed by atoms with Crippen LogP contribution in [0.2, 0.25) is 0 Å². The summed E-state index contributed by atoms with van der Waals surface area (Å²) in [7, 11) is 0. The van der Waals surface area contributed by atoms with E-state index in [0.717, 1.165) is 12.2 Å². The van der Waals surface area contributed by atoms with Gasteiger partial charge in [-0.25, -0.2) is 0 Å². The van der Waals surface area contributed by atoms with E-state index in [0.29, 0.717) is 5.25 Å². The first-order valence-electron chi connectivity index (χ1n) is 6.55. The number of fused-ring (bicyclic) bond motifs is 5.